The standard InChI is InChI=1S/C10H13ClFNO2/c1-15-10-3-6(2-7(13)5-14)9(12)4-8(10)11/h3-4,7,14H,2,5,13H2,1H3. The predicted octanol–water partition coefficient (Wildman–Crippen LogP) is 1.35. The third kappa shape index (κ3) is 3.06. The molecule has 0 aliphatic heterocycles. The van der Waals surface area contributed by atoms with E-state index in [9.17, 15) is 4.39 Å². The van der Waals surface area contributed by atoms with Crippen molar-refractivity contribution in [1.82, 2.24) is 0 Å². The molecule has 84 valence electrons. The molecule has 0 amide bonds. The lowest BCUT2D eigenvalue weighted by molar-refractivity contribution is 0.264. The fourth-order valence-corrected chi connectivity index (χ4v) is 1.46. The smallest absolute Gasteiger partial charge is 0.137 e. The minimum absolute atomic E-state index is 0.190. The topological polar surface area (TPSA) is 55.5 Å². The highest BCUT2D eigenvalue weighted by Crippen LogP contribution is 2.27. The van der Waals surface area contributed by atoms with E-state index in [-0.39, 0.29) is 18.1 Å². The number of methoxy groups -OCH3 is 1. The van der Waals surface area contributed by atoms with E-state index in [0.717, 1.165) is 0 Å². The first kappa shape index (κ1) is 12.2. The van der Waals surface area contributed by atoms with E-state index in [1.54, 1.807) is 0 Å². The molecule has 0 aliphatic rings. The van der Waals surface area contributed by atoms with E-state index >= 15 is 0 Å². The van der Waals surface area contributed by atoms with Gasteiger partial charge in [0.1, 0.15) is 11.6 Å². The molecular weight excluding hydrogens is 221 g/mol. The number of aliphatic hydroxyl groups is 1. The second kappa shape index (κ2) is 5.30. The molecule has 3 N–H and O–H groups in total. The first-order valence-electron chi connectivity index (χ1n) is 4.46. The average molecular weight is 234 g/mol. The molecule has 0 saturated carbocycles. The molecule has 0 heterocycles. The summed E-state index contributed by atoms with van der Waals surface area (Å²) in [6, 6.07) is 2.19. The van der Waals surface area contributed by atoms with Gasteiger partial charge >= 0.3 is 0 Å². The van der Waals surface area contributed by atoms with Gasteiger partial charge in [-0.25, -0.2) is 4.39 Å². The molecule has 1 aromatic rings. The molecule has 0 spiro atoms. The van der Waals surface area contributed by atoms with Crippen LogP contribution in [-0.2, 0) is 6.42 Å². The first-order valence-corrected chi connectivity index (χ1v) is 4.84. The summed E-state index contributed by atoms with van der Waals surface area (Å²) < 4.78 is 18.3. The van der Waals surface area contributed by atoms with Crippen LogP contribution in [-0.4, -0.2) is 24.9 Å². The highest BCUT2D eigenvalue weighted by molar-refractivity contribution is 6.32. The molecule has 1 unspecified atom stereocenters. The normalized spacial score (nSPS) is 12.6. The lowest BCUT2D eigenvalue weighted by Gasteiger charge is -2.11. The molecule has 0 aliphatic carbocycles. The van der Waals surface area contributed by atoms with Crippen LogP contribution in [0.15, 0.2) is 12.1 Å². The van der Waals surface area contributed by atoms with E-state index in [0.29, 0.717) is 11.3 Å². The van der Waals surface area contributed by atoms with Crippen molar-refractivity contribution < 1.29 is 14.2 Å². The minimum atomic E-state index is -0.481. The van der Waals surface area contributed by atoms with Gasteiger partial charge in [0.15, 0.2) is 0 Å². The highest BCUT2D eigenvalue weighted by Gasteiger charge is 2.11. The Morgan fingerprint density at radius 2 is 2.27 bits per heavy atom. The highest BCUT2D eigenvalue weighted by atomic mass is 35.5. The summed E-state index contributed by atoms with van der Waals surface area (Å²) in [5.74, 6) is -0.0390. The van der Waals surface area contributed by atoms with Crippen molar-refractivity contribution in [2.75, 3.05) is 13.7 Å². The summed E-state index contributed by atoms with van der Waals surface area (Å²) in [6.45, 7) is -0.190. The average Bonchev–Trinajstić information content (AvgIpc) is 2.21. The molecule has 0 radical (unpaired) electrons. The largest absolute Gasteiger partial charge is 0.495 e. The molecule has 0 saturated heterocycles. The third-order valence-electron chi connectivity index (χ3n) is 2.04. The molecule has 0 fully saturated rings. The van der Waals surface area contributed by atoms with E-state index in [1.165, 1.54) is 19.2 Å². The van der Waals surface area contributed by atoms with Gasteiger partial charge in [-0.3, -0.25) is 0 Å². The van der Waals surface area contributed by atoms with Crippen molar-refractivity contribution in [3.05, 3.63) is 28.5 Å². The van der Waals surface area contributed by atoms with E-state index in [1.807, 2.05) is 0 Å². The zero-order valence-electron chi connectivity index (χ0n) is 8.34. The quantitative estimate of drug-likeness (QED) is 0.826. The van der Waals surface area contributed by atoms with Crippen molar-refractivity contribution in [2.45, 2.75) is 12.5 Å². The Kier molecular flexibility index (Phi) is 4.32. The van der Waals surface area contributed by atoms with Crippen molar-refractivity contribution in [1.29, 1.82) is 0 Å². The summed E-state index contributed by atoms with van der Waals surface area (Å²) in [6.07, 6.45) is 0.246. The number of aliphatic hydroxyl groups excluding tert-OH is 1. The van der Waals surface area contributed by atoms with Crippen LogP contribution in [0.3, 0.4) is 0 Å². The van der Waals surface area contributed by atoms with Crippen LogP contribution >= 0.6 is 11.6 Å². The van der Waals surface area contributed by atoms with E-state index in [4.69, 9.17) is 27.2 Å². The maximum Gasteiger partial charge on any atom is 0.137 e. The Balaban J connectivity index is 2.97. The Bertz CT molecular complexity index is 346. The lowest BCUT2D eigenvalue weighted by atomic mass is 10.1. The predicted molar refractivity (Wildman–Crippen MR) is 56.7 cm³/mol. The number of ether oxygens (including phenoxy) is 1. The van der Waals surface area contributed by atoms with Gasteiger partial charge in [-0.05, 0) is 24.1 Å². The number of rotatable bonds is 4. The van der Waals surface area contributed by atoms with Gasteiger partial charge in [0.05, 0.1) is 18.7 Å². The molecule has 1 rings (SSSR count). The second-order valence-corrected chi connectivity index (χ2v) is 3.63. The van der Waals surface area contributed by atoms with Crippen molar-refractivity contribution in [2.24, 2.45) is 5.73 Å². The van der Waals surface area contributed by atoms with Gasteiger partial charge in [-0.15, -0.1) is 0 Å². The van der Waals surface area contributed by atoms with Crippen LogP contribution in [0.2, 0.25) is 5.02 Å². The minimum Gasteiger partial charge on any atom is -0.495 e. The summed E-state index contributed by atoms with van der Waals surface area (Å²) in [4.78, 5) is 0. The van der Waals surface area contributed by atoms with E-state index < -0.39 is 11.9 Å². The van der Waals surface area contributed by atoms with Gasteiger partial charge in [0.2, 0.25) is 0 Å². The Hall–Kier alpha value is -0.840. The Morgan fingerprint density at radius 1 is 1.60 bits per heavy atom. The molecule has 0 aromatic heterocycles. The van der Waals surface area contributed by atoms with E-state index in [2.05, 4.69) is 0 Å². The molecule has 0 bridgehead atoms. The number of benzene rings is 1. The van der Waals surface area contributed by atoms with Gasteiger partial charge in [-0.1, -0.05) is 11.6 Å². The molecular formula is C10H13ClFNO2. The Morgan fingerprint density at radius 3 is 2.80 bits per heavy atom. The number of nitrogens with two attached hydrogens (primary N) is 1. The lowest BCUT2D eigenvalue weighted by Crippen LogP contribution is -2.27. The zero-order chi connectivity index (χ0) is 11.4. The molecule has 1 atom stereocenters. The third-order valence-corrected chi connectivity index (χ3v) is 2.33. The number of hydrogen-bond donors (Lipinski definition) is 2. The SMILES string of the molecule is COc1cc(CC(N)CO)c(F)cc1Cl. The summed E-state index contributed by atoms with van der Waals surface area (Å²) in [7, 11) is 1.45. The van der Waals surface area contributed by atoms with Crippen LogP contribution in [0.5, 0.6) is 5.75 Å². The van der Waals surface area contributed by atoms with Crippen LogP contribution in [0.4, 0.5) is 4.39 Å². The summed E-state index contributed by atoms with van der Waals surface area (Å²) in [5, 5.41) is 8.98. The summed E-state index contributed by atoms with van der Waals surface area (Å²) in [5.41, 5.74) is 5.90. The van der Waals surface area contributed by atoms with Crippen molar-refractivity contribution in [3.63, 3.8) is 0 Å². The van der Waals surface area contributed by atoms with Crippen molar-refractivity contribution >= 4 is 11.6 Å². The van der Waals surface area contributed by atoms with Gasteiger partial charge < -0.3 is 15.6 Å². The monoisotopic (exact) mass is 233 g/mol. The van der Waals surface area contributed by atoms with Gasteiger partial charge in [-0.2, -0.15) is 0 Å². The maximum atomic E-state index is 13.4. The van der Waals surface area contributed by atoms with Crippen LogP contribution < -0.4 is 10.5 Å². The van der Waals surface area contributed by atoms with Crippen LogP contribution in [0.1, 0.15) is 5.56 Å². The maximum absolute atomic E-state index is 13.4. The zero-order valence-corrected chi connectivity index (χ0v) is 9.09. The van der Waals surface area contributed by atoms with Crippen LogP contribution in [0, 0.1) is 5.82 Å². The summed E-state index contributed by atoms with van der Waals surface area (Å²) >= 11 is 5.73. The molecule has 3 nitrogen and oxygen atoms in total. The Labute approximate surface area is 92.6 Å². The number of halogens is 2. The molecule has 15 heavy (non-hydrogen) atoms. The van der Waals surface area contributed by atoms with Gasteiger partial charge in [0, 0.05) is 6.04 Å². The van der Waals surface area contributed by atoms with Gasteiger partial charge in [0.25, 0.3) is 0 Å². The fourth-order valence-electron chi connectivity index (χ4n) is 1.23. The second-order valence-electron chi connectivity index (χ2n) is 3.22. The first-order chi connectivity index (χ1) is 7.08. The molecule has 5 heteroatoms. The molecule has 1 aromatic carbocycles. The van der Waals surface area contributed by atoms with Crippen LogP contribution in [0.25, 0.3) is 0 Å². The number of hydrogen-bond acceptors (Lipinski definition) is 3. The fraction of sp³-hybridized carbons (Fsp3) is 0.400. The van der Waals surface area contributed by atoms with Crippen molar-refractivity contribution in [3.8, 4) is 5.75 Å².